The molecule has 0 saturated carbocycles. The molecule has 0 aliphatic heterocycles. The van der Waals surface area contributed by atoms with Crippen molar-refractivity contribution < 1.29 is 4.42 Å². The van der Waals surface area contributed by atoms with E-state index in [1.54, 1.807) is 17.6 Å². The summed E-state index contributed by atoms with van der Waals surface area (Å²) < 4.78 is 5.54. The third kappa shape index (κ3) is 2.52. The Bertz CT molecular complexity index is 674. The van der Waals surface area contributed by atoms with Crippen LogP contribution in [0.2, 0.25) is 0 Å². The second-order valence-electron chi connectivity index (χ2n) is 4.35. The van der Waals surface area contributed by atoms with E-state index in [0.29, 0.717) is 0 Å². The Labute approximate surface area is 115 Å². The van der Waals surface area contributed by atoms with E-state index in [1.165, 1.54) is 0 Å². The summed E-state index contributed by atoms with van der Waals surface area (Å²) in [7, 11) is 1.96. The maximum Gasteiger partial charge on any atom is 0.151 e. The van der Waals surface area contributed by atoms with Crippen LogP contribution in [0.3, 0.4) is 0 Å². The predicted molar refractivity (Wildman–Crippen MR) is 77.4 cm³/mol. The van der Waals surface area contributed by atoms with Crippen LogP contribution in [0.5, 0.6) is 0 Å². The molecular weight excluding hydrogens is 258 g/mol. The smallest absolute Gasteiger partial charge is 0.151 e. The van der Waals surface area contributed by atoms with Crippen LogP contribution in [-0.4, -0.2) is 23.8 Å². The van der Waals surface area contributed by atoms with Gasteiger partial charge in [0.25, 0.3) is 0 Å². The highest BCUT2D eigenvalue weighted by molar-refractivity contribution is 7.14. The molecular formula is C14H15N3OS. The number of aryl methyl sites for hydroxylation is 1. The average molecular weight is 273 g/mol. The van der Waals surface area contributed by atoms with Crippen LogP contribution in [0.4, 0.5) is 0 Å². The van der Waals surface area contributed by atoms with Crippen LogP contribution in [-0.2, 0) is 6.42 Å². The Morgan fingerprint density at radius 3 is 3.05 bits per heavy atom. The number of aromatic nitrogens is 2. The molecule has 0 radical (unpaired) electrons. The lowest BCUT2D eigenvalue weighted by Crippen LogP contribution is -2.08. The Balaban J connectivity index is 1.86. The summed E-state index contributed by atoms with van der Waals surface area (Å²) in [4.78, 5) is 0. The highest BCUT2D eigenvalue weighted by Gasteiger charge is 2.12. The van der Waals surface area contributed by atoms with E-state index < -0.39 is 0 Å². The van der Waals surface area contributed by atoms with Crippen molar-refractivity contribution in [3.05, 3.63) is 35.5 Å². The van der Waals surface area contributed by atoms with Crippen molar-refractivity contribution in [1.82, 2.24) is 15.5 Å². The largest absolute Gasteiger partial charge is 0.464 e. The van der Waals surface area contributed by atoms with Gasteiger partial charge in [-0.15, -0.1) is 10.2 Å². The van der Waals surface area contributed by atoms with E-state index >= 15 is 0 Å². The van der Waals surface area contributed by atoms with Gasteiger partial charge in [0.05, 0.1) is 5.56 Å². The summed E-state index contributed by atoms with van der Waals surface area (Å²) in [6, 6.07) is 8.00. The van der Waals surface area contributed by atoms with Crippen LogP contribution in [0.15, 0.2) is 34.9 Å². The summed E-state index contributed by atoms with van der Waals surface area (Å²) in [5.41, 5.74) is 1.93. The van der Waals surface area contributed by atoms with Crippen LogP contribution in [0.25, 0.3) is 21.5 Å². The van der Waals surface area contributed by atoms with Crippen LogP contribution >= 0.6 is 11.3 Å². The molecule has 1 N–H and O–H groups in total. The van der Waals surface area contributed by atoms with Gasteiger partial charge in [-0.3, -0.25) is 0 Å². The molecule has 0 fully saturated rings. The monoisotopic (exact) mass is 273 g/mol. The van der Waals surface area contributed by atoms with Gasteiger partial charge in [-0.2, -0.15) is 0 Å². The van der Waals surface area contributed by atoms with Crippen LogP contribution in [0, 0.1) is 0 Å². The summed E-state index contributed by atoms with van der Waals surface area (Å²) in [6.45, 7) is 1.00. The lowest BCUT2D eigenvalue weighted by Gasteiger charge is -1.94. The molecule has 3 rings (SSSR count). The minimum atomic E-state index is 0.893. The van der Waals surface area contributed by atoms with E-state index in [9.17, 15) is 0 Å². The van der Waals surface area contributed by atoms with E-state index in [0.717, 1.165) is 45.9 Å². The Kier molecular flexibility index (Phi) is 3.57. The second-order valence-corrected chi connectivity index (χ2v) is 5.42. The van der Waals surface area contributed by atoms with E-state index in [1.807, 2.05) is 25.2 Å². The molecule has 2 heterocycles. The van der Waals surface area contributed by atoms with Crippen molar-refractivity contribution in [2.75, 3.05) is 13.6 Å². The fourth-order valence-corrected chi connectivity index (χ4v) is 2.92. The van der Waals surface area contributed by atoms with Crippen molar-refractivity contribution in [2.24, 2.45) is 0 Å². The van der Waals surface area contributed by atoms with Gasteiger partial charge in [0.2, 0.25) is 0 Å². The Hall–Kier alpha value is -1.72. The molecule has 0 atom stereocenters. The number of furan rings is 1. The van der Waals surface area contributed by atoms with Gasteiger partial charge in [0, 0.05) is 11.8 Å². The number of hydrogen-bond donors (Lipinski definition) is 1. The normalized spacial score (nSPS) is 11.2. The Morgan fingerprint density at radius 1 is 1.26 bits per heavy atom. The van der Waals surface area contributed by atoms with Gasteiger partial charge in [0.15, 0.2) is 5.01 Å². The van der Waals surface area contributed by atoms with Gasteiger partial charge >= 0.3 is 0 Å². The van der Waals surface area contributed by atoms with Crippen molar-refractivity contribution >= 4 is 22.3 Å². The first-order valence-electron chi connectivity index (χ1n) is 6.32. The molecule has 1 aromatic carbocycles. The molecule has 5 heteroatoms. The van der Waals surface area contributed by atoms with Crippen LogP contribution < -0.4 is 5.32 Å². The summed E-state index contributed by atoms with van der Waals surface area (Å²) in [5.74, 6) is 0. The molecule has 19 heavy (non-hydrogen) atoms. The lowest BCUT2D eigenvalue weighted by atomic mass is 10.2. The number of nitrogens with one attached hydrogen (secondary N) is 1. The third-order valence-electron chi connectivity index (χ3n) is 3.00. The quantitative estimate of drug-likeness (QED) is 0.726. The molecule has 4 nitrogen and oxygen atoms in total. The zero-order valence-electron chi connectivity index (χ0n) is 10.7. The zero-order chi connectivity index (χ0) is 13.1. The maximum absolute atomic E-state index is 5.54. The van der Waals surface area contributed by atoms with E-state index in [2.05, 4.69) is 21.6 Å². The minimum Gasteiger partial charge on any atom is -0.464 e. The highest BCUT2D eigenvalue weighted by atomic mass is 32.1. The number of fused-ring (bicyclic) bond motifs is 1. The third-order valence-corrected chi connectivity index (χ3v) is 4.01. The molecule has 0 unspecified atom stereocenters. The first kappa shape index (κ1) is 12.3. The number of hydrogen-bond acceptors (Lipinski definition) is 5. The summed E-state index contributed by atoms with van der Waals surface area (Å²) in [6.07, 6.45) is 3.81. The first-order valence-corrected chi connectivity index (χ1v) is 7.13. The molecule has 0 aliphatic carbocycles. The second kappa shape index (κ2) is 5.50. The van der Waals surface area contributed by atoms with E-state index in [-0.39, 0.29) is 0 Å². The maximum atomic E-state index is 5.54. The SMILES string of the molecule is CNCCCc1nnc(-c2coc3ccccc23)s1. The Morgan fingerprint density at radius 2 is 2.16 bits per heavy atom. The topological polar surface area (TPSA) is 51.0 Å². The van der Waals surface area contributed by atoms with Gasteiger partial charge in [-0.1, -0.05) is 29.5 Å². The molecule has 0 saturated heterocycles. The van der Waals surface area contributed by atoms with Crippen LogP contribution in [0.1, 0.15) is 11.4 Å². The highest BCUT2D eigenvalue weighted by Crippen LogP contribution is 2.32. The molecule has 0 amide bonds. The van der Waals surface area contributed by atoms with Crippen molar-refractivity contribution in [1.29, 1.82) is 0 Å². The molecule has 2 aromatic heterocycles. The molecule has 0 aliphatic rings. The summed E-state index contributed by atoms with van der Waals surface area (Å²) in [5, 5.41) is 14.8. The standard InChI is InChI=1S/C14H15N3OS/c1-15-8-4-7-13-16-17-14(19-13)11-9-18-12-6-3-2-5-10(11)12/h2-3,5-6,9,15H,4,7-8H2,1H3. The molecule has 0 bridgehead atoms. The minimum absolute atomic E-state index is 0.893. The number of benzene rings is 1. The molecule has 3 aromatic rings. The van der Waals surface area contributed by atoms with Crippen molar-refractivity contribution in [2.45, 2.75) is 12.8 Å². The average Bonchev–Trinajstić information content (AvgIpc) is 3.05. The van der Waals surface area contributed by atoms with Gasteiger partial charge < -0.3 is 9.73 Å². The molecule has 0 spiro atoms. The zero-order valence-corrected chi connectivity index (χ0v) is 11.5. The van der Waals surface area contributed by atoms with Gasteiger partial charge in [-0.05, 0) is 26.1 Å². The van der Waals surface area contributed by atoms with Crippen molar-refractivity contribution in [3.63, 3.8) is 0 Å². The van der Waals surface area contributed by atoms with Gasteiger partial charge in [0.1, 0.15) is 16.9 Å². The fraction of sp³-hybridized carbons (Fsp3) is 0.286. The van der Waals surface area contributed by atoms with Gasteiger partial charge in [-0.25, -0.2) is 0 Å². The molecule has 98 valence electrons. The predicted octanol–water partition coefficient (Wildman–Crippen LogP) is 3.10. The number of nitrogens with zero attached hydrogens (tertiary/aromatic N) is 2. The lowest BCUT2D eigenvalue weighted by molar-refractivity contribution is 0.617. The van der Waals surface area contributed by atoms with Crippen molar-refractivity contribution in [3.8, 4) is 10.6 Å². The number of para-hydroxylation sites is 1. The van der Waals surface area contributed by atoms with E-state index in [4.69, 9.17) is 4.42 Å². The number of rotatable bonds is 5. The fourth-order valence-electron chi connectivity index (χ4n) is 2.02. The summed E-state index contributed by atoms with van der Waals surface area (Å²) >= 11 is 1.65. The first-order chi connectivity index (χ1) is 9.38.